The number of hydrogen-bond acceptors (Lipinski definition) is 8. The third kappa shape index (κ3) is 7.34. The summed E-state index contributed by atoms with van der Waals surface area (Å²) < 4.78 is 5.51. The van der Waals surface area contributed by atoms with Crippen molar-refractivity contribution < 1.29 is 14.3 Å². The third-order valence-corrected chi connectivity index (χ3v) is 7.20. The fourth-order valence-electron chi connectivity index (χ4n) is 4.66. The Morgan fingerprint density at radius 1 is 0.976 bits per heavy atom. The first-order valence-electron chi connectivity index (χ1n) is 13.6. The first kappa shape index (κ1) is 28.8. The van der Waals surface area contributed by atoms with E-state index >= 15 is 0 Å². The lowest BCUT2D eigenvalue weighted by Gasteiger charge is -2.33. The van der Waals surface area contributed by atoms with Gasteiger partial charge >= 0.3 is 0 Å². The molecule has 1 aliphatic rings. The fraction of sp³-hybridized carbons (Fsp3) is 0.226. The van der Waals surface area contributed by atoms with Crippen LogP contribution in [0.2, 0.25) is 5.02 Å². The number of halogens is 1. The van der Waals surface area contributed by atoms with Crippen molar-refractivity contribution in [1.29, 1.82) is 0 Å². The molecule has 1 aromatic heterocycles. The molecule has 1 fully saturated rings. The lowest BCUT2D eigenvalue weighted by molar-refractivity contribution is -0.130. The molecular weight excluding hydrogens is 554 g/mol. The summed E-state index contributed by atoms with van der Waals surface area (Å²) in [4.78, 5) is 37.0. The zero-order valence-electron chi connectivity index (χ0n) is 23.4. The van der Waals surface area contributed by atoms with E-state index in [1.54, 1.807) is 32.2 Å². The lowest BCUT2D eigenvalue weighted by atomic mass is 10.1. The summed E-state index contributed by atoms with van der Waals surface area (Å²) in [5.41, 5.74) is 1.99. The maximum atomic E-state index is 12.6. The van der Waals surface area contributed by atoms with Gasteiger partial charge in [-0.1, -0.05) is 48.0 Å². The molecule has 4 aromatic rings. The van der Waals surface area contributed by atoms with Gasteiger partial charge in [0.05, 0.1) is 19.0 Å². The molecule has 0 unspecified atom stereocenters. The number of methoxy groups -OCH3 is 1. The van der Waals surface area contributed by atoms with Gasteiger partial charge in [0.15, 0.2) is 5.82 Å². The van der Waals surface area contributed by atoms with Crippen molar-refractivity contribution in [1.82, 2.24) is 19.8 Å². The molecule has 216 valence electrons. The number of piperazine rings is 1. The third-order valence-electron chi connectivity index (χ3n) is 6.92. The highest BCUT2D eigenvalue weighted by Gasteiger charge is 2.17. The summed E-state index contributed by atoms with van der Waals surface area (Å²) >= 11 is 6.41. The Balaban J connectivity index is 1.23. The van der Waals surface area contributed by atoms with Crippen LogP contribution < -0.4 is 20.7 Å². The molecule has 3 aromatic carbocycles. The quantitative estimate of drug-likeness (QED) is 0.223. The van der Waals surface area contributed by atoms with Gasteiger partial charge in [0, 0.05) is 57.1 Å². The van der Waals surface area contributed by atoms with E-state index in [0.717, 1.165) is 29.5 Å². The van der Waals surface area contributed by atoms with Crippen molar-refractivity contribution in [2.75, 3.05) is 55.8 Å². The molecule has 3 N–H and O–H groups in total. The molecule has 0 atom stereocenters. The van der Waals surface area contributed by atoms with Crippen LogP contribution in [0.25, 0.3) is 10.8 Å². The summed E-state index contributed by atoms with van der Waals surface area (Å²) in [6, 6.07) is 19.4. The summed E-state index contributed by atoms with van der Waals surface area (Å²) in [6.07, 6.45) is 4.86. The smallest absolute Gasteiger partial charge is 0.248 e. The summed E-state index contributed by atoms with van der Waals surface area (Å²) in [5, 5.41) is 11.9. The van der Waals surface area contributed by atoms with Crippen molar-refractivity contribution in [3.05, 3.63) is 84.0 Å². The van der Waals surface area contributed by atoms with E-state index in [1.165, 1.54) is 12.3 Å². The maximum absolute atomic E-state index is 12.6. The average Bonchev–Trinajstić information content (AvgIpc) is 2.99. The van der Waals surface area contributed by atoms with E-state index < -0.39 is 0 Å². The zero-order chi connectivity index (χ0) is 29.5. The molecule has 0 aliphatic carbocycles. The molecule has 0 spiro atoms. The predicted molar refractivity (Wildman–Crippen MR) is 167 cm³/mol. The molecule has 0 saturated carbocycles. The number of carbonyl (C=O) groups excluding carboxylic acids is 2. The number of carbonyl (C=O) groups is 2. The number of fused-ring (bicyclic) bond motifs is 1. The molecule has 0 radical (unpaired) electrons. The Morgan fingerprint density at radius 2 is 1.74 bits per heavy atom. The van der Waals surface area contributed by atoms with Crippen LogP contribution in [0, 0.1) is 0 Å². The minimum absolute atomic E-state index is 0.0960. The highest BCUT2D eigenvalue weighted by molar-refractivity contribution is 6.33. The van der Waals surface area contributed by atoms with Crippen molar-refractivity contribution in [2.45, 2.75) is 6.92 Å². The van der Waals surface area contributed by atoms with E-state index in [2.05, 4.69) is 36.9 Å². The summed E-state index contributed by atoms with van der Waals surface area (Å²) in [6.45, 7) is 5.20. The topological polar surface area (TPSA) is 112 Å². The second kappa shape index (κ2) is 13.3. The average molecular weight is 586 g/mol. The van der Waals surface area contributed by atoms with Gasteiger partial charge in [-0.3, -0.25) is 14.5 Å². The minimum Gasteiger partial charge on any atom is -0.495 e. The Labute approximate surface area is 249 Å². The van der Waals surface area contributed by atoms with Crippen LogP contribution in [-0.4, -0.2) is 71.4 Å². The predicted octanol–water partition coefficient (Wildman–Crippen LogP) is 5.44. The largest absolute Gasteiger partial charge is 0.495 e. The monoisotopic (exact) mass is 585 g/mol. The SMILES string of the molecule is COc1ccc(NC(=O)/C=C/CN2CCN(C(C)=O)CC2)cc1Nc1ncc(Cl)c(Nc2ccc3ccccc3c2)n1. The normalized spacial score (nSPS) is 13.7. The second-order valence-corrected chi connectivity index (χ2v) is 10.2. The van der Waals surface area contributed by atoms with Gasteiger partial charge in [0.2, 0.25) is 17.8 Å². The van der Waals surface area contributed by atoms with Crippen LogP contribution in [-0.2, 0) is 9.59 Å². The van der Waals surface area contributed by atoms with Crippen molar-refractivity contribution in [3.63, 3.8) is 0 Å². The minimum atomic E-state index is -0.252. The van der Waals surface area contributed by atoms with Gasteiger partial charge in [0.25, 0.3) is 0 Å². The summed E-state index contributed by atoms with van der Waals surface area (Å²) in [5.74, 6) is 1.14. The van der Waals surface area contributed by atoms with Crippen LogP contribution in [0.3, 0.4) is 0 Å². The van der Waals surface area contributed by atoms with E-state index in [-0.39, 0.29) is 11.8 Å². The Hall–Kier alpha value is -4.67. The van der Waals surface area contributed by atoms with E-state index in [9.17, 15) is 9.59 Å². The van der Waals surface area contributed by atoms with Gasteiger partial charge in [-0.25, -0.2) is 4.98 Å². The molecule has 1 saturated heterocycles. The number of anilines is 5. The maximum Gasteiger partial charge on any atom is 0.248 e. The number of amides is 2. The number of rotatable bonds is 9. The Bertz CT molecular complexity index is 1620. The highest BCUT2D eigenvalue weighted by atomic mass is 35.5. The number of ether oxygens (including phenoxy) is 1. The van der Waals surface area contributed by atoms with Crippen LogP contribution >= 0.6 is 11.6 Å². The molecule has 1 aliphatic heterocycles. The van der Waals surface area contributed by atoms with Crippen LogP contribution in [0.15, 0.2) is 79.0 Å². The zero-order valence-corrected chi connectivity index (χ0v) is 24.2. The van der Waals surface area contributed by atoms with Crippen LogP contribution in [0.4, 0.5) is 28.8 Å². The highest BCUT2D eigenvalue weighted by Crippen LogP contribution is 2.31. The molecule has 0 bridgehead atoms. The molecule has 2 amide bonds. The van der Waals surface area contributed by atoms with E-state index in [4.69, 9.17) is 16.3 Å². The van der Waals surface area contributed by atoms with Gasteiger partial charge in [-0.15, -0.1) is 0 Å². The van der Waals surface area contributed by atoms with Crippen LogP contribution in [0.1, 0.15) is 6.92 Å². The van der Waals surface area contributed by atoms with Gasteiger partial charge in [-0.2, -0.15) is 4.98 Å². The van der Waals surface area contributed by atoms with E-state index in [1.807, 2.05) is 47.4 Å². The first-order chi connectivity index (χ1) is 20.4. The lowest BCUT2D eigenvalue weighted by Crippen LogP contribution is -2.47. The van der Waals surface area contributed by atoms with Gasteiger partial charge in [0.1, 0.15) is 10.8 Å². The number of benzene rings is 3. The molecule has 2 heterocycles. The number of nitrogens with one attached hydrogen (secondary N) is 3. The summed E-state index contributed by atoms with van der Waals surface area (Å²) in [7, 11) is 1.56. The molecule has 10 nitrogen and oxygen atoms in total. The van der Waals surface area contributed by atoms with Crippen molar-refractivity contribution in [2.24, 2.45) is 0 Å². The number of aromatic nitrogens is 2. The van der Waals surface area contributed by atoms with Crippen molar-refractivity contribution in [3.8, 4) is 5.75 Å². The fourth-order valence-corrected chi connectivity index (χ4v) is 4.80. The molecule has 11 heteroatoms. The number of hydrogen-bond donors (Lipinski definition) is 3. The van der Waals surface area contributed by atoms with Crippen LogP contribution in [0.5, 0.6) is 5.75 Å². The Kier molecular flexibility index (Phi) is 9.15. The standard InChI is InChI=1S/C31H32ClN7O3/c1-21(40)39-16-14-38(15-17-39)13-5-8-29(41)34-25-11-12-28(42-2)27(19-25)36-31-33-20-26(32)30(37-31)35-24-10-9-22-6-3-4-7-23(22)18-24/h3-12,18-20H,13-17H2,1-2H3,(H,34,41)(H2,33,35,36,37)/b8-5+. The van der Waals surface area contributed by atoms with Gasteiger partial charge < -0.3 is 25.6 Å². The second-order valence-electron chi connectivity index (χ2n) is 9.82. The molecule has 42 heavy (non-hydrogen) atoms. The van der Waals surface area contributed by atoms with Gasteiger partial charge in [-0.05, 0) is 41.1 Å². The first-order valence-corrected chi connectivity index (χ1v) is 13.9. The number of nitrogens with zero attached hydrogens (tertiary/aromatic N) is 4. The molecular formula is C31H32ClN7O3. The van der Waals surface area contributed by atoms with E-state index in [0.29, 0.717) is 53.5 Å². The Morgan fingerprint density at radius 3 is 2.50 bits per heavy atom. The van der Waals surface area contributed by atoms with Crippen molar-refractivity contribution >= 4 is 63.0 Å². The molecule has 5 rings (SSSR count).